The summed E-state index contributed by atoms with van der Waals surface area (Å²) in [5.41, 5.74) is 2.51. The van der Waals surface area contributed by atoms with Crippen LogP contribution in [0.4, 0.5) is 5.69 Å². The van der Waals surface area contributed by atoms with Crippen molar-refractivity contribution in [3.63, 3.8) is 0 Å². The molecule has 1 aliphatic heterocycles. The fraction of sp³-hybridized carbons (Fsp3) is 0.429. The first-order chi connectivity index (χ1) is 13.4. The molecule has 0 aliphatic carbocycles. The third kappa shape index (κ3) is 5.11. The first-order valence-electron chi connectivity index (χ1n) is 9.50. The van der Waals surface area contributed by atoms with Crippen molar-refractivity contribution in [2.24, 2.45) is 0 Å². The minimum absolute atomic E-state index is 0.00296. The van der Waals surface area contributed by atoms with Gasteiger partial charge in [0.15, 0.2) is 0 Å². The molecule has 1 fully saturated rings. The van der Waals surface area contributed by atoms with Crippen LogP contribution in [0.2, 0.25) is 0 Å². The van der Waals surface area contributed by atoms with Crippen LogP contribution in [0.1, 0.15) is 11.1 Å². The number of aliphatic hydroxyl groups excluding tert-OH is 1. The van der Waals surface area contributed by atoms with Gasteiger partial charge in [0.2, 0.25) is 0 Å². The molecule has 6 nitrogen and oxygen atoms in total. The second-order valence-electron chi connectivity index (χ2n) is 7.26. The molecule has 1 heterocycles. The molecule has 0 amide bonds. The Kier molecular flexibility index (Phi) is 6.72. The standard InChI is InChI=1S/C21H28N2O4S/c1-17-6-8-21(9-7-17)28(25,26)23(19-5-3-4-18(2)14-19)16-20(24)15-22-10-12-27-13-11-22/h3-9,14,20,24H,10-13,15-16H2,1-2H3/t20-/m0/s1. The van der Waals surface area contributed by atoms with E-state index in [4.69, 9.17) is 4.74 Å². The Labute approximate surface area is 167 Å². The van der Waals surface area contributed by atoms with E-state index in [1.165, 1.54) is 4.31 Å². The topological polar surface area (TPSA) is 70.1 Å². The summed E-state index contributed by atoms with van der Waals surface area (Å²) in [6.07, 6.45) is -0.807. The predicted molar refractivity (Wildman–Crippen MR) is 110 cm³/mol. The zero-order chi connectivity index (χ0) is 20.1. The van der Waals surface area contributed by atoms with Crippen molar-refractivity contribution in [1.82, 2.24) is 4.90 Å². The molecule has 2 aromatic rings. The van der Waals surface area contributed by atoms with Crippen LogP contribution >= 0.6 is 0 Å². The van der Waals surface area contributed by atoms with E-state index in [-0.39, 0.29) is 11.4 Å². The van der Waals surface area contributed by atoms with Gasteiger partial charge >= 0.3 is 0 Å². The summed E-state index contributed by atoms with van der Waals surface area (Å²) in [6, 6.07) is 14.1. The number of sulfonamides is 1. The smallest absolute Gasteiger partial charge is 0.264 e. The molecule has 0 spiro atoms. The maximum absolute atomic E-state index is 13.4. The molecular formula is C21H28N2O4S. The fourth-order valence-corrected chi connectivity index (χ4v) is 4.79. The van der Waals surface area contributed by atoms with E-state index in [9.17, 15) is 13.5 Å². The highest BCUT2D eigenvalue weighted by molar-refractivity contribution is 7.92. The lowest BCUT2D eigenvalue weighted by molar-refractivity contribution is 0.0166. The van der Waals surface area contributed by atoms with Gasteiger partial charge in [0, 0.05) is 19.6 Å². The SMILES string of the molecule is Cc1ccc(S(=O)(=O)N(C[C@@H](O)CN2CCOCC2)c2cccc(C)c2)cc1. The highest BCUT2D eigenvalue weighted by atomic mass is 32.2. The Morgan fingerprint density at radius 2 is 1.75 bits per heavy atom. The largest absolute Gasteiger partial charge is 0.390 e. The molecule has 0 radical (unpaired) electrons. The normalized spacial score (nSPS) is 16.7. The van der Waals surface area contributed by atoms with Crippen molar-refractivity contribution < 1.29 is 18.3 Å². The average molecular weight is 405 g/mol. The van der Waals surface area contributed by atoms with Gasteiger partial charge in [0.1, 0.15) is 0 Å². The van der Waals surface area contributed by atoms with Crippen LogP contribution in [0.5, 0.6) is 0 Å². The number of aliphatic hydroxyl groups is 1. The second kappa shape index (κ2) is 9.05. The van der Waals surface area contributed by atoms with E-state index in [1.807, 2.05) is 32.0 Å². The minimum atomic E-state index is -3.79. The zero-order valence-electron chi connectivity index (χ0n) is 16.4. The summed E-state index contributed by atoms with van der Waals surface area (Å²) in [6.45, 7) is 7.00. The molecule has 1 aliphatic rings. The van der Waals surface area contributed by atoms with Crippen molar-refractivity contribution >= 4 is 15.7 Å². The molecule has 2 aromatic carbocycles. The number of rotatable bonds is 7. The maximum atomic E-state index is 13.4. The maximum Gasteiger partial charge on any atom is 0.264 e. The molecule has 0 saturated carbocycles. The van der Waals surface area contributed by atoms with Gasteiger partial charge in [-0.1, -0.05) is 29.8 Å². The van der Waals surface area contributed by atoms with E-state index >= 15 is 0 Å². The Morgan fingerprint density at radius 3 is 2.39 bits per heavy atom. The number of aryl methyl sites for hydroxylation is 2. The highest BCUT2D eigenvalue weighted by Gasteiger charge is 2.28. The quantitative estimate of drug-likeness (QED) is 0.766. The van der Waals surface area contributed by atoms with E-state index in [1.54, 1.807) is 30.3 Å². The first-order valence-corrected chi connectivity index (χ1v) is 10.9. The third-order valence-electron chi connectivity index (χ3n) is 4.85. The van der Waals surface area contributed by atoms with Gasteiger partial charge < -0.3 is 9.84 Å². The molecule has 0 unspecified atom stereocenters. The number of hydrogen-bond donors (Lipinski definition) is 1. The highest BCUT2D eigenvalue weighted by Crippen LogP contribution is 2.25. The van der Waals surface area contributed by atoms with Crippen LogP contribution in [0.15, 0.2) is 53.4 Å². The molecule has 1 N–H and O–H groups in total. The number of ether oxygens (including phenoxy) is 1. The van der Waals surface area contributed by atoms with Crippen molar-refractivity contribution in [2.75, 3.05) is 43.7 Å². The van der Waals surface area contributed by atoms with Gasteiger partial charge in [-0.2, -0.15) is 0 Å². The summed E-state index contributed by atoms with van der Waals surface area (Å²) in [5.74, 6) is 0. The lowest BCUT2D eigenvalue weighted by Gasteiger charge is -2.31. The third-order valence-corrected chi connectivity index (χ3v) is 6.66. The summed E-state index contributed by atoms with van der Waals surface area (Å²) in [4.78, 5) is 2.32. The van der Waals surface area contributed by atoms with E-state index < -0.39 is 16.1 Å². The Morgan fingerprint density at radius 1 is 1.07 bits per heavy atom. The van der Waals surface area contributed by atoms with E-state index in [0.29, 0.717) is 25.4 Å². The average Bonchev–Trinajstić information content (AvgIpc) is 2.67. The molecule has 0 bridgehead atoms. The Hall–Kier alpha value is -1.93. The summed E-state index contributed by atoms with van der Waals surface area (Å²) in [7, 11) is -3.79. The minimum Gasteiger partial charge on any atom is -0.390 e. The van der Waals surface area contributed by atoms with E-state index in [2.05, 4.69) is 4.90 Å². The van der Waals surface area contributed by atoms with Gasteiger partial charge in [-0.15, -0.1) is 0 Å². The Balaban J connectivity index is 1.87. The van der Waals surface area contributed by atoms with Crippen LogP contribution in [0.25, 0.3) is 0 Å². The van der Waals surface area contributed by atoms with Crippen molar-refractivity contribution in [3.05, 3.63) is 59.7 Å². The van der Waals surface area contributed by atoms with Crippen molar-refractivity contribution in [3.8, 4) is 0 Å². The number of morpholine rings is 1. The summed E-state index contributed by atoms with van der Waals surface area (Å²) >= 11 is 0. The molecule has 28 heavy (non-hydrogen) atoms. The number of β-amino-alcohol motifs (C(OH)–C–C–N with tert-alkyl or cyclic N) is 1. The molecule has 0 aromatic heterocycles. The summed E-state index contributed by atoms with van der Waals surface area (Å²) < 4.78 is 33.4. The molecule has 1 saturated heterocycles. The van der Waals surface area contributed by atoms with Crippen LogP contribution in [0, 0.1) is 13.8 Å². The number of nitrogens with zero attached hydrogens (tertiary/aromatic N) is 2. The zero-order valence-corrected chi connectivity index (χ0v) is 17.2. The van der Waals surface area contributed by atoms with Crippen LogP contribution in [-0.2, 0) is 14.8 Å². The van der Waals surface area contributed by atoms with Gasteiger partial charge in [-0.05, 0) is 43.7 Å². The lowest BCUT2D eigenvalue weighted by atomic mass is 10.2. The molecule has 1 atom stereocenters. The van der Waals surface area contributed by atoms with Crippen LogP contribution < -0.4 is 4.31 Å². The molecule has 3 rings (SSSR count). The molecular weight excluding hydrogens is 376 g/mol. The number of benzene rings is 2. The van der Waals surface area contributed by atoms with Crippen molar-refractivity contribution in [1.29, 1.82) is 0 Å². The van der Waals surface area contributed by atoms with Crippen LogP contribution in [0.3, 0.4) is 0 Å². The molecule has 152 valence electrons. The number of hydrogen-bond acceptors (Lipinski definition) is 5. The Bertz CT molecular complexity index is 878. The van der Waals surface area contributed by atoms with Crippen LogP contribution in [-0.4, -0.2) is 63.9 Å². The lowest BCUT2D eigenvalue weighted by Crippen LogP contribution is -2.46. The monoisotopic (exact) mass is 404 g/mol. The fourth-order valence-electron chi connectivity index (χ4n) is 3.29. The van der Waals surface area contributed by atoms with E-state index in [0.717, 1.165) is 24.2 Å². The van der Waals surface area contributed by atoms with Gasteiger partial charge in [-0.25, -0.2) is 8.42 Å². The molecule has 7 heteroatoms. The predicted octanol–water partition coefficient (Wildman–Crippen LogP) is 2.19. The second-order valence-corrected chi connectivity index (χ2v) is 9.12. The first kappa shape index (κ1) is 20.8. The number of anilines is 1. The van der Waals surface area contributed by atoms with Gasteiger partial charge in [0.05, 0.1) is 36.4 Å². The summed E-state index contributed by atoms with van der Waals surface area (Å²) in [5, 5.41) is 10.7. The van der Waals surface area contributed by atoms with Crippen molar-refractivity contribution in [2.45, 2.75) is 24.8 Å². The van der Waals surface area contributed by atoms with Gasteiger partial charge in [-0.3, -0.25) is 9.21 Å². The van der Waals surface area contributed by atoms with Gasteiger partial charge in [0.25, 0.3) is 10.0 Å².